The molecule has 0 unspecified atom stereocenters. The minimum absolute atomic E-state index is 0.452. The Morgan fingerprint density at radius 3 is 2.59 bits per heavy atom. The van der Waals surface area contributed by atoms with Crippen molar-refractivity contribution in [1.29, 1.82) is 0 Å². The lowest BCUT2D eigenvalue weighted by molar-refractivity contribution is 0.404. The van der Waals surface area contributed by atoms with Gasteiger partial charge < -0.3 is 4.74 Å². The predicted octanol–water partition coefficient (Wildman–Crippen LogP) is 3.29. The zero-order valence-electron chi connectivity index (χ0n) is 10.1. The van der Waals surface area contributed by atoms with Gasteiger partial charge in [0.25, 0.3) is 0 Å². The third-order valence-electron chi connectivity index (χ3n) is 3.41. The van der Waals surface area contributed by atoms with Crippen LogP contribution in [0.25, 0.3) is 0 Å². The van der Waals surface area contributed by atoms with E-state index in [1.807, 2.05) is 19.9 Å². The van der Waals surface area contributed by atoms with Crippen LogP contribution in [0.3, 0.4) is 0 Å². The average Bonchev–Trinajstić information content (AvgIpc) is 3.04. The van der Waals surface area contributed by atoms with Gasteiger partial charge in [-0.2, -0.15) is 4.99 Å². The molecule has 0 amide bonds. The number of hydrogen-bond donors (Lipinski definition) is 0. The molecule has 1 aliphatic rings. The first-order chi connectivity index (χ1) is 8.05. The van der Waals surface area contributed by atoms with Crippen LogP contribution in [0.1, 0.15) is 29.5 Å². The zero-order chi connectivity index (χ0) is 12.6. The van der Waals surface area contributed by atoms with Gasteiger partial charge in [0.1, 0.15) is 11.3 Å². The van der Waals surface area contributed by atoms with E-state index in [1.165, 1.54) is 0 Å². The smallest absolute Gasteiger partial charge is 0.235 e. The summed E-state index contributed by atoms with van der Waals surface area (Å²) in [5.41, 5.74) is 2.65. The van der Waals surface area contributed by atoms with Crippen LogP contribution in [0.5, 0.6) is 5.75 Å². The fourth-order valence-electron chi connectivity index (χ4n) is 2.23. The van der Waals surface area contributed by atoms with Gasteiger partial charge in [-0.3, -0.25) is 0 Å². The molecule has 0 radical (unpaired) electrons. The van der Waals surface area contributed by atoms with Crippen molar-refractivity contribution in [3.8, 4) is 5.75 Å². The molecular formula is C13H14ClNO2. The normalized spacial score (nSPS) is 16.2. The molecule has 3 nitrogen and oxygen atoms in total. The lowest BCUT2D eigenvalue weighted by Gasteiger charge is -2.19. The van der Waals surface area contributed by atoms with Crippen LogP contribution in [0, 0.1) is 13.8 Å². The number of hydrogen-bond acceptors (Lipinski definition) is 3. The second-order valence-electron chi connectivity index (χ2n) is 4.44. The molecule has 2 rings (SSSR count). The van der Waals surface area contributed by atoms with E-state index in [-0.39, 0.29) is 0 Å². The summed E-state index contributed by atoms with van der Waals surface area (Å²) >= 11 is 6.18. The summed E-state index contributed by atoms with van der Waals surface area (Å²) < 4.78 is 5.36. The van der Waals surface area contributed by atoms with Crippen LogP contribution in [-0.2, 0) is 10.3 Å². The summed E-state index contributed by atoms with van der Waals surface area (Å²) in [5, 5.41) is 0.568. The molecule has 0 atom stereocenters. The number of rotatable bonds is 3. The number of methoxy groups -OCH3 is 1. The summed E-state index contributed by atoms with van der Waals surface area (Å²) in [6.45, 7) is 3.99. The van der Waals surface area contributed by atoms with Crippen molar-refractivity contribution in [2.75, 3.05) is 7.11 Å². The Balaban J connectivity index is 2.71. The largest absolute Gasteiger partial charge is 0.495 e. The molecule has 4 heteroatoms. The third-order valence-corrected chi connectivity index (χ3v) is 3.69. The number of carbonyl (C=O) groups excluding carboxylic acids is 1. The van der Waals surface area contributed by atoms with Gasteiger partial charge in [-0.1, -0.05) is 11.6 Å². The molecule has 0 heterocycles. The minimum Gasteiger partial charge on any atom is -0.495 e. The first kappa shape index (κ1) is 12.2. The highest BCUT2D eigenvalue weighted by Gasteiger charge is 2.48. The lowest BCUT2D eigenvalue weighted by atomic mass is 9.94. The summed E-state index contributed by atoms with van der Waals surface area (Å²) in [7, 11) is 1.58. The maximum absolute atomic E-state index is 10.5. The van der Waals surface area contributed by atoms with E-state index >= 15 is 0 Å². The van der Waals surface area contributed by atoms with Crippen molar-refractivity contribution in [1.82, 2.24) is 0 Å². The van der Waals surface area contributed by atoms with E-state index in [4.69, 9.17) is 16.3 Å². The molecule has 1 aromatic rings. The first-order valence-electron chi connectivity index (χ1n) is 5.49. The number of halogens is 1. The maximum atomic E-state index is 10.5. The van der Waals surface area contributed by atoms with E-state index in [2.05, 4.69) is 4.99 Å². The predicted molar refractivity (Wildman–Crippen MR) is 66.5 cm³/mol. The summed E-state index contributed by atoms with van der Waals surface area (Å²) in [5.74, 6) is 0.631. The van der Waals surface area contributed by atoms with Gasteiger partial charge in [-0.05, 0) is 43.9 Å². The molecule has 90 valence electrons. The van der Waals surface area contributed by atoms with Crippen molar-refractivity contribution in [2.45, 2.75) is 32.2 Å². The van der Waals surface area contributed by atoms with E-state index in [0.717, 1.165) is 29.5 Å². The van der Waals surface area contributed by atoms with Gasteiger partial charge in [0.2, 0.25) is 6.08 Å². The van der Waals surface area contributed by atoms with Crippen molar-refractivity contribution in [3.05, 3.63) is 27.8 Å². The highest BCUT2D eigenvalue weighted by Crippen LogP contribution is 2.55. The molecule has 0 N–H and O–H groups in total. The topological polar surface area (TPSA) is 38.7 Å². The number of nitrogens with zero attached hydrogens (tertiary/aromatic N) is 1. The third kappa shape index (κ3) is 1.86. The fourth-order valence-corrected chi connectivity index (χ4v) is 2.57. The standard InChI is InChI=1S/C13H14ClNO2/c1-8-6-10(14)12(17-3)11(9(8)2)13(4-5-13)15-7-16/h6H,4-5H2,1-3H3. The van der Waals surface area contributed by atoms with Crippen molar-refractivity contribution in [2.24, 2.45) is 4.99 Å². The second-order valence-corrected chi connectivity index (χ2v) is 4.85. The Bertz CT molecular complexity index is 515. The Morgan fingerprint density at radius 1 is 1.47 bits per heavy atom. The number of aliphatic imine (C=N–C) groups is 1. The SMILES string of the molecule is COc1c(Cl)cc(C)c(C)c1C1(N=C=O)CC1. The molecular weight excluding hydrogens is 238 g/mol. The Morgan fingerprint density at radius 2 is 2.12 bits per heavy atom. The van der Waals surface area contributed by atoms with E-state index in [1.54, 1.807) is 13.2 Å². The van der Waals surface area contributed by atoms with Gasteiger partial charge in [0.15, 0.2) is 0 Å². The molecule has 1 aromatic carbocycles. The highest BCUT2D eigenvalue weighted by molar-refractivity contribution is 6.32. The number of isocyanates is 1. The second kappa shape index (κ2) is 4.17. The van der Waals surface area contributed by atoms with Gasteiger partial charge in [0.05, 0.1) is 12.1 Å². The van der Waals surface area contributed by atoms with Crippen molar-refractivity contribution in [3.63, 3.8) is 0 Å². The number of benzene rings is 1. The van der Waals surface area contributed by atoms with Gasteiger partial charge in [0, 0.05) is 5.56 Å². The van der Waals surface area contributed by atoms with Crippen LogP contribution < -0.4 is 4.74 Å². The zero-order valence-corrected chi connectivity index (χ0v) is 10.9. The van der Waals surface area contributed by atoms with E-state index in [0.29, 0.717) is 10.8 Å². The summed E-state index contributed by atoms with van der Waals surface area (Å²) in [6.07, 6.45) is 3.36. The molecule has 0 saturated heterocycles. The van der Waals surface area contributed by atoms with Gasteiger partial charge in [-0.15, -0.1) is 0 Å². The Kier molecular flexibility index (Phi) is 2.98. The van der Waals surface area contributed by atoms with Crippen molar-refractivity contribution >= 4 is 17.7 Å². The summed E-state index contributed by atoms with van der Waals surface area (Å²) in [4.78, 5) is 14.5. The maximum Gasteiger partial charge on any atom is 0.235 e. The van der Waals surface area contributed by atoms with Crippen LogP contribution in [0.2, 0.25) is 5.02 Å². The van der Waals surface area contributed by atoms with E-state index < -0.39 is 5.54 Å². The van der Waals surface area contributed by atoms with Crippen LogP contribution in [0.15, 0.2) is 11.1 Å². The van der Waals surface area contributed by atoms with Gasteiger partial charge in [-0.25, -0.2) is 4.79 Å². The van der Waals surface area contributed by atoms with Crippen molar-refractivity contribution < 1.29 is 9.53 Å². The van der Waals surface area contributed by atoms with E-state index in [9.17, 15) is 4.79 Å². The Labute approximate surface area is 105 Å². The van der Waals surface area contributed by atoms with Gasteiger partial charge >= 0.3 is 0 Å². The Hall–Kier alpha value is -1.31. The highest BCUT2D eigenvalue weighted by atomic mass is 35.5. The molecule has 1 aliphatic carbocycles. The summed E-state index contributed by atoms with van der Waals surface area (Å²) in [6, 6.07) is 1.87. The molecule has 1 fully saturated rings. The monoisotopic (exact) mass is 251 g/mol. The molecule has 0 spiro atoms. The average molecular weight is 252 g/mol. The molecule has 1 saturated carbocycles. The lowest BCUT2D eigenvalue weighted by Crippen LogP contribution is -2.09. The fraction of sp³-hybridized carbons (Fsp3) is 0.462. The molecule has 0 aliphatic heterocycles. The quantitative estimate of drug-likeness (QED) is 0.611. The molecule has 17 heavy (non-hydrogen) atoms. The van der Waals surface area contributed by atoms with Crippen LogP contribution in [-0.4, -0.2) is 13.2 Å². The molecule has 0 bridgehead atoms. The van der Waals surface area contributed by atoms with Crippen LogP contribution >= 0.6 is 11.6 Å². The number of aryl methyl sites for hydroxylation is 1. The first-order valence-corrected chi connectivity index (χ1v) is 5.87. The number of ether oxygens (including phenoxy) is 1. The van der Waals surface area contributed by atoms with Crippen LogP contribution in [0.4, 0.5) is 0 Å². The minimum atomic E-state index is -0.452. The molecule has 0 aromatic heterocycles.